The molecule has 0 radical (unpaired) electrons. The van der Waals surface area contributed by atoms with Gasteiger partial charge in [-0.15, -0.1) is 0 Å². The van der Waals surface area contributed by atoms with E-state index in [0.29, 0.717) is 11.3 Å². The number of nitrogens with one attached hydrogen (secondary N) is 2. The number of carbonyl (C=O) groups is 3. The van der Waals surface area contributed by atoms with Crippen LogP contribution in [-0.4, -0.2) is 38.0 Å². The highest BCUT2D eigenvalue weighted by atomic mass is 16.5. The van der Waals surface area contributed by atoms with Gasteiger partial charge in [-0.1, -0.05) is 31.2 Å². The highest BCUT2D eigenvalue weighted by Crippen LogP contribution is 2.13. The van der Waals surface area contributed by atoms with Crippen molar-refractivity contribution >= 4 is 17.8 Å². The maximum absolute atomic E-state index is 12.0. The molecule has 0 spiro atoms. The van der Waals surface area contributed by atoms with Crippen LogP contribution in [0.15, 0.2) is 48.5 Å². The van der Waals surface area contributed by atoms with Crippen LogP contribution in [0.1, 0.15) is 41.4 Å². The molecule has 2 aromatic rings. The molecule has 0 bridgehead atoms. The molecule has 2 rings (SSSR count). The molecular weight excluding hydrogens is 372 g/mol. The lowest BCUT2D eigenvalue weighted by molar-refractivity contribution is -0.147. The summed E-state index contributed by atoms with van der Waals surface area (Å²) in [5, 5.41) is 5.23. The molecule has 0 aliphatic heterocycles. The molecule has 29 heavy (non-hydrogen) atoms. The van der Waals surface area contributed by atoms with Crippen molar-refractivity contribution in [2.24, 2.45) is 0 Å². The van der Waals surface area contributed by atoms with E-state index in [0.717, 1.165) is 12.0 Å². The smallest absolute Gasteiger partial charge is 0.325 e. The molecule has 2 N–H and O–H groups in total. The summed E-state index contributed by atoms with van der Waals surface area (Å²) >= 11 is 0. The maximum Gasteiger partial charge on any atom is 0.325 e. The lowest BCUT2D eigenvalue weighted by Gasteiger charge is -2.15. The first-order valence-electron chi connectivity index (χ1n) is 9.39. The van der Waals surface area contributed by atoms with Crippen LogP contribution in [0.2, 0.25) is 0 Å². The molecule has 0 unspecified atom stereocenters. The summed E-state index contributed by atoms with van der Waals surface area (Å²) in [5.74, 6) is -0.894. The molecule has 0 fully saturated rings. The monoisotopic (exact) mass is 398 g/mol. The Hall–Kier alpha value is -3.35. The Bertz CT molecular complexity index is 831. The van der Waals surface area contributed by atoms with Crippen molar-refractivity contribution in [1.29, 1.82) is 0 Å². The summed E-state index contributed by atoms with van der Waals surface area (Å²) in [6.07, 6.45) is 0.950. The lowest BCUT2D eigenvalue weighted by Crippen LogP contribution is -2.34. The zero-order valence-corrected chi connectivity index (χ0v) is 16.9. The van der Waals surface area contributed by atoms with Gasteiger partial charge in [-0.05, 0) is 48.7 Å². The first kappa shape index (κ1) is 21.9. The summed E-state index contributed by atoms with van der Waals surface area (Å²) < 4.78 is 9.94. The van der Waals surface area contributed by atoms with Crippen LogP contribution in [0.4, 0.5) is 0 Å². The van der Waals surface area contributed by atoms with Crippen molar-refractivity contribution in [2.45, 2.75) is 26.3 Å². The summed E-state index contributed by atoms with van der Waals surface area (Å²) in [6, 6.07) is 14.2. The van der Waals surface area contributed by atoms with Gasteiger partial charge in [0.1, 0.15) is 12.3 Å². The molecule has 154 valence electrons. The lowest BCUT2D eigenvalue weighted by atomic mass is 10.1. The Morgan fingerprint density at radius 1 is 1.00 bits per heavy atom. The molecule has 0 aliphatic rings. The number of methoxy groups -OCH3 is 1. The second kappa shape index (κ2) is 10.8. The number of esters is 1. The summed E-state index contributed by atoms with van der Waals surface area (Å²) in [6.45, 7) is 3.20. The van der Waals surface area contributed by atoms with Gasteiger partial charge in [-0.25, -0.2) is 0 Å². The van der Waals surface area contributed by atoms with Crippen LogP contribution >= 0.6 is 0 Å². The summed E-state index contributed by atoms with van der Waals surface area (Å²) in [7, 11) is 1.53. The molecule has 0 saturated carbocycles. The predicted molar refractivity (Wildman–Crippen MR) is 109 cm³/mol. The Balaban J connectivity index is 1.71. The second-order valence-corrected chi connectivity index (χ2v) is 6.46. The van der Waals surface area contributed by atoms with Crippen LogP contribution in [0.25, 0.3) is 0 Å². The second-order valence-electron chi connectivity index (χ2n) is 6.46. The molecule has 0 heterocycles. The minimum absolute atomic E-state index is 0.207. The normalized spacial score (nSPS) is 11.3. The Morgan fingerprint density at radius 3 is 2.24 bits per heavy atom. The largest absolute Gasteiger partial charge is 0.497 e. The maximum atomic E-state index is 12.0. The molecular formula is C22H26N2O5. The molecule has 7 nitrogen and oxygen atoms in total. The van der Waals surface area contributed by atoms with E-state index in [1.54, 1.807) is 24.3 Å². The number of hydrogen-bond donors (Lipinski definition) is 2. The number of rotatable bonds is 9. The van der Waals surface area contributed by atoms with Crippen molar-refractivity contribution in [1.82, 2.24) is 10.6 Å². The van der Waals surface area contributed by atoms with Gasteiger partial charge in [0, 0.05) is 5.56 Å². The molecule has 2 aromatic carbocycles. The van der Waals surface area contributed by atoms with E-state index in [9.17, 15) is 14.4 Å². The van der Waals surface area contributed by atoms with Gasteiger partial charge < -0.3 is 20.1 Å². The van der Waals surface area contributed by atoms with Crippen LogP contribution in [0.5, 0.6) is 5.75 Å². The molecule has 7 heteroatoms. The average Bonchev–Trinajstić information content (AvgIpc) is 2.76. The quantitative estimate of drug-likeness (QED) is 0.633. The van der Waals surface area contributed by atoms with Crippen molar-refractivity contribution < 1.29 is 23.9 Å². The van der Waals surface area contributed by atoms with E-state index >= 15 is 0 Å². The van der Waals surface area contributed by atoms with E-state index in [4.69, 9.17) is 9.47 Å². The van der Waals surface area contributed by atoms with Crippen molar-refractivity contribution in [3.05, 3.63) is 65.2 Å². The first-order chi connectivity index (χ1) is 13.9. The fourth-order valence-electron chi connectivity index (χ4n) is 2.60. The van der Waals surface area contributed by atoms with Crippen molar-refractivity contribution in [3.8, 4) is 5.75 Å². The van der Waals surface area contributed by atoms with E-state index in [-0.39, 0.29) is 12.6 Å². The number of aryl methyl sites for hydroxylation is 1. The van der Waals surface area contributed by atoms with Crippen molar-refractivity contribution in [2.75, 3.05) is 20.3 Å². The van der Waals surface area contributed by atoms with Gasteiger partial charge in [-0.2, -0.15) is 0 Å². The van der Waals surface area contributed by atoms with Gasteiger partial charge in [0.15, 0.2) is 6.61 Å². The van der Waals surface area contributed by atoms with Crippen LogP contribution < -0.4 is 15.4 Å². The Labute approximate surface area is 170 Å². The molecule has 2 amide bonds. The van der Waals surface area contributed by atoms with Gasteiger partial charge in [0.05, 0.1) is 13.2 Å². The molecule has 0 aliphatic carbocycles. The number of hydrogen-bond acceptors (Lipinski definition) is 5. The third kappa shape index (κ3) is 6.95. The highest BCUT2D eigenvalue weighted by Gasteiger charge is 2.13. The Kier molecular flexibility index (Phi) is 8.21. The van der Waals surface area contributed by atoms with E-state index < -0.39 is 24.4 Å². The summed E-state index contributed by atoms with van der Waals surface area (Å²) in [5.41, 5.74) is 2.57. The van der Waals surface area contributed by atoms with E-state index in [1.165, 1.54) is 12.7 Å². The third-order valence-electron chi connectivity index (χ3n) is 4.38. The zero-order chi connectivity index (χ0) is 21.2. The van der Waals surface area contributed by atoms with Gasteiger partial charge in [-0.3, -0.25) is 14.4 Å². The fourth-order valence-corrected chi connectivity index (χ4v) is 2.60. The zero-order valence-electron chi connectivity index (χ0n) is 16.9. The van der Waals surface area contributed by atoms with Gasteiger partial charge in [0.25, 0.3) is 11.8 Å². The Morgan fingerprint density at radius 2 is 1.66 bits per heavy atom. The summed E-state index contributed by atoms with van der Waals surface area (Å²) in [4.78, 5) is 35.8. The number of carbonyl (C=O) groups excluding carboxylic acids is 3. The minimum atomic E-state index is -0.693. The fraction of sp³-hybridized carbons (Fsp3) is 0.318. The number of amides is 2. The van der Waals surface area contributed by atoms with Crippen LogP contribution in [0, 0.1) is 0 Å². The first-order valence-corrected chi connectivity index (χ1v) is 9.39. The topological polar surface area (TPSA) is 93.7 Å². The van der Waals surface area contributed by atoms with Crippen LogP contribution in [0.3, 0.4) is 0 Å². The standard InChI is InChI=1S/C22H26N2O5/c1-4-16-5-7-17(8-6-16)15(2)24-20(25)14-29-21(26)13-23-22(27)18-9-11-19(28-3)12-10-18/h5-12,15H,4,13-14H2,1-3H3,(H,23,27)(H,24,25)/t15-/m1/s1. The molecule has 1 atom stereocenters. The van der Waals surface area contributed by atoms with E-state index in [2.05, 4.69) is 17.6 Å². The van der Waals surface area contributed by atoms with Crippen LogP contribution in [-0.2, 0) is 20.7 Å². The SMILES string of the molecule is CCc1ccc([C@@H](C)NC(=O)COC(=O)CNC(=O)c2ccc(OC)cc2)cc1. The number of benzene rings is 2. The van der Waals surface area contributed by atoms with Crippen molar-refractivity contribution in [3.63, 3.8) is 0 Å². The molecule has 0 saturated heterocycles. The van der Waals surface area contributed by atoms with E-state index in [1.807, 2.05) is 31.2 Å². The van der Waals surface area contributed by atoms with Gasteiger partial charge >= 0.3 is 5.97 Å². The highest BCUT2D eigenvalue weighted by molar-refractivity contribution is 5.96. The molecule has 0 aromatic heterocycles. The minimum Gasteiger partial charge on any atom is -0.497 e. The van der Waals surface area contributed by atoms with Gasteiger partial charge in [0.2, 0.25) is 0 Å². The number of ether oxygens (including phenoxy) is 2. The predicted octanol–water partition coefficient (Wildman–Crippen LogP) is 2.41. The average molecular weight is 398 g/mol. The third-order valence-corrected chi connectivity index (χ3v) is 4.38.